The molecule has 3 fully saturated rings. The van der Waals surface area contributed by atoms with Crippen LogP contribution in [0.3, 0.4) is 0 Å². The van der Waals surface area contributed by atoms with Gasteiger partial charge >= 0.3 is 5.97 Å². The van der Waals surface area contributed by atoms with Crippen molar-refractivity contribution in [2.24, 2.45) is 23.7 Å². The third-order valence-electron chi connectivity index (χ3n) is 6.33. The van der Waals surface area contributed by atoms with Gasteiger partial charge < -0.3 is 10.1 Å². The summed E-state index contributed by atoms with van der Waals surface area (Å²) >= 11 is 0. The fraction of sp³-hybridized carbons (Fsp3) is 0.524. The average Bonchev–Trinajstić information content (AvgIpc) is 3.32. The van der Waals surface area contributed by atoms with Crippen molar-refractivity contribution in [2.45, 2.75) is 33.1 Å². The number of fused-ring (bicyclic) bond motifs is 5. The van der Waals surface area contributed by atoms with Gasteiger partial charge in [0.1, 0.15) is 6.54 Å². The van der Waals surface area contributed by atoms with Gasteiger partial charge in [0.15, 0.2) is 6.61 Å². The lowest BCUT2D eigenvalue weighted by Gasteiger charge is -2.19. The third kappa shape index (κ3) is 3.19. The molecule has 2 bridgehead atoms. The Morgan fingerprint density at radius 2 is 1.75 bits per heavy atom. The number of carbonyl (C=O) groups is 4. The number of ether oxygens (including phenoxy) is 1. The molecule has 7 heteroatoms. The number of esters is 1. The number of amides is 3. The van der Waals surface area contributed by atoms with E-state index in [9.17, 15) is 19.2 Å². The van der Waals surface area contributed by atoms with E-state index in [1.54, 1.807) is 6.07 Å². The second kappa shape index (κ2) is 7.04. The summed E-state index contributed by atoms with van der Waals surface area (Å²) in [7, 11) is 0. The molecule has 3 amide bonds. The first-order valence-electron chi connectivity index (χ1n) is 9.73. The molecular weight excluding hydrogens is 360 g/mol. The number of carbonyl (C=O) groups excluding carboxylic acids is 4. The minimum atomic E-state index is -0.746. The Morgan fingerprint density at radius 3 is 2.36 bits per heavy atom. The predicted octanol–water partition coefficient (Wildman–Crippen LogP) is 1.82. The number of rotatable bonds is 5. The smallest absolute Gasteiger partial charge is 0.326 e. The fourth-order valence-electron chi connectivity index (χ4n) is 5.09. The van der Waals surface area contributed by atoms with Crippen molar-refractivity contribution in [1.29, 1.82) is 0 Å². The number of benzene rings is 1. The van der Waals surface area contributed by atoms with Crippen molar-refractivity contribution in [3.8, 4) is 0 Å². The highest BCUT2D eigenvalue weighted by molar-refractivity contribution is 6.08. The molecule has 1 saturated heterocycles. The van der Waals surface area contributed by atoms with E-state index in [0.29, 0.717) is 5.69 Å². The van der Waals surface area contributed by atoms with Crippen LogP contribution in [0.15, 0.2) is 18.2 Å². The lowest BCUT2D eigenvalue weighted by Crippen LogP contribution is -2.38. The molecule has 2 aliphatic carbocycles. The average molecular weight is 384 g/mol. The molecule has 3 aliphatic rings. The van der Waals surface area contributed by atoms with Crippen molar-refractivity contribution in [3.63, 3.8) is 0 Å². The van der Waals surface area contributed by atoms with Crippen LogP contribution >= 0.6 is 0 Å². The van der Waals surface area contributed by atoms with E-state index in [4.69, 9.17) is 4.74 Å². The van der Waals surface area contributed by atoms with E-state index in [-0.39, 0.29) is 35.5 Å². The van der Waals surface area contributed by atoms with Gasteiger partial charge in [-0.3, -0.25) is 24.1 Å². The summed E-state index contributed by atoms with van der Waals surface area (Å²) in [5.41, 5.74) is 2.65. The summed E-state index contributed by atoms with van der Waals surface area (Å²) in [6.45, 7) is 2.96. The van der Waals surface area contributed by atoms with Crippen LogP contribution in [-0.4, -0.2) is 41.7 Å². The predicted molar refractivity (Wildman–Crippen MR) is 100 cm³/mol. The monoisotopic (exact) mass is 384 g/mol. The Morgan fingerprint density at radius 1 is 1.11 bits per heavy atom. The first kappa shape index (κ1) is 18.7. The van der Waals surface area contributed by atoms with Gasteiger partial charge in [0.2, 0.25) is 11.8 Å². The van der Waals surface area contributed by atoms with Crippen LogP contribution in [0.5, 0.6) is 0 Å². The van der Waals surface area contributed by atoms with Crippen LogP contribution < -0.4 is 5.32 Å². The molecule has 1 heterocycles. The number of hydrogen-bond donors (Lipinski definition) is 1. The van der Waals surface area contributed by atoms with Gasteiger partial charge in [-0.2, -0.15) is 0 Å². The maximum Gasteiger partial charge on any atom is 0.326 e. The van der Waals surface area contributed by atoms with Gasteiger partial charge in [-0.25, -0.2) is 0 Å². The van der Waals surface area contributed by atoms with Crippen molar-refractivity contribution in [2.75, 3.05) is 18.5 Å². The summed E-state index contributed by atoms with van der Waals surface area (Å²) < 4.78 is 4.99. The molecule has 4 rings (SSSR count). The summed E-state index contributed by atoms with van der Waals surface area (Å²) in [6, 6.07) is 5.61. The molecule has 7 nitrogen and oxygen atoms in total. The summed E-state index contributed by atoms with van der Waals surface area (Å²) in [4.78, 5) is 50.3. The lowest BCUT2D eigenvalue weighted by molar-refractivity contribution is -0.154. The summed E-state index contributed by atoms with van der Waals surface area (Å²) in [5, 5.41) is 2.69. The fourth-order valence-corrected chi connectivity index (χ4v) is 5.09. The Kier molecular flexibility index (Phi) is 4.69. The number of aryl methyl sites for hydroxylation is 2. The highest BCUT2D eigenvalue weighted by atomic mass is 16.5. The van der Waals surface area contributed by atoms with E-state index in [1.165, 1.54) is 0 Å². The number of imide groups is 1. The number of anilines is 1. The van der Waals surface area contributed by atoms with Crippen LogP contribution in [0.2, 0.25) is 0 Å². The normalized spacial score (nSPS) is 27.9. The lowest BCUT2D eigenvalue weighted by atomic mass is 9.81. The first-order valence-corrected chi connectivity index (χ1v) is 9.73. The second-order valence-corrected chi connectivity index (χ2v) is 8.17. The van der Waals surface area contributed by atoms with Gasteiger partial charge in [-0.05, 0) is 56.6 Å². The molecular formula is C21H24N2O5. The molecule has 2 saturated carbocycles. The van der Waals surface area contributed by atoms with Gasteiger partial charge in [0, 0.05) is 5.69 Å². The molecule has 4 atom stereocenters. The van der Waals surface area contributed by atoms with Crippen molar-refractivity contribution in [3.05, 3.63) is 29.3 Å². The zero-order chi connectivity index (χ0) is 20.0. The Bertz CT molecular complexity index is 836. The Balaban J connectivity index is 1.29. The molecule has 0 spiro atoms. The minimum Gasteiger partial charge on any atom is -0.454 e. The van der Waals surface area contributed by atoms with E-state index < -0.39 is 25.0 Å². The zero-order valence-corrected chi connectivity index (χ0v) is 16.1. The first-order chi connectivity index (χ1) is 13.3. The molecule has 1 aromatic carbocycles. The highest BCUT2D eigenvalue weighted by Crippen LogP contribution is 2.56. The van der Waals surface area contributed by atoms with Gasteiger partial charge in [-0.1, -0.05) is 17.7 Å². The summed E-state index contributed by atoms with van der Waals surface area (Å²) in [5.74, 6) is -1.68. The van der Waals surface area contributed by atoms with Crippen molar-refractivity contribution in [1.82, 2.24) is 4.90 Å². The third-order valence-corrected chi connectivity index (χ3v) is 6.33. The van der Waals surface area contributed by atoms with E-state index in [1.807, 2.05) is 26.0 Å². The van der Waals surface area contributed by atoms with Crippen LogP contribution in [0, 0.1) is 37.5 Å². The van der Waals surface area contributed by atoms with E-state index >= 15 is 0 Å². The highest BCUT2D eigenvalue weighted by Gasteiger charge is 2.61. The maximum atomic E-state index is 12.6. The standard InChI is InChI=1S/C21H24N2O5/c1-11-3-6-15(12(2)7-11)22-16(24)10-28-17(25)9-23-20(26)18-13-4-5-14(8-13)19(18)21(23)27/h3,6-7,13-14,18-19H,4-5,8-10H2,1-2H3,(H,22,24)/t13-,14+,18-,19+. The number of nitrogens with zero attached hydrogens (tertiary/aromatic N) is 1. The SMILES string of the molecule is Cc1ccc(NC(=O)COC(=O)CN2C(=O)[C@@H]3[C@@H]4CC[C@@H](C4)[C@@H]3C2=O)c(C)c1. The molecule has 0 aromatic heterocycles. The summed E-state index contributed by atoms with van der Waals surface area (Å²) in [6.07, 6.45) is 2.92. The van der Waals surface area contributed by atoms with E-state index in [2.05, 4.69) is 5.32 Å². The Labute approximate surface area is 163 Å². The molecule has 1 aromatic rings. The van der Waals surface area contributed by atoms with Crippen molar-refractivity contribution >= 4 is 29.4 Å². The van der Waals surface area contributed by atoms with Gasteiger partial charge in [0.25, 0.3) is 5.91 Å². The maximum absolute atomic E-state index is 12.6. The molecule has 28 heavy (non-hydrogen) atoms. The minimum absolute atomic E-state index is 0.251. The van der Waals surface area contributed by atoms with Crippen LogP contribution in [0.25, 0.3) is 0 Å². The van der Waals surface area contributed by atoms with Crippen LogP contribution in [0.1, 0.15) is 30.4 Å². The Hall–Kier alpha value is -2.70. The van der Waals surface area contributed by atoms with Gasteiger partial charge in [0.05, 0.1) is 11.8 Å². The molecule has 1 aliphatic heterocycles. The number of likely N-dealkylation sites (tertiary alicyclic amines) is 1. The van der Waals surface area contributed by atoms with Gasteiger partial charge in [-0.15, -0.1) is 0 Å². The molecule has 0 radical (unpaired) electrons. The quantitative estimate of drug-likeness (QED) is 0.617. The topological polar surface area (TPSA) is 92.8 Å². The van der Waals surface area contributed by atoms with Crippen molar-refractivity contribution < 1.29 is 23.9 Å². The van der Waals surface area contributed by atoms with Crippen LogP contribution in [0.4, 0.5) is 5.69 Å². The second-order valence-electron chi connectivity index (χ2n) is 8.17. The van der Waals surface area contributed by atoms with E-state index in [0.717, 1.165) is 35.3 Å². The number of hydrogen-bond acceptors (Lipinski definition) is 5. The molecule has 148 valence electrons. The largest absolute Gasteiger partial charge is 0.454 e. The zero-order valence-electron chi connectivity index (χ0n) is 16.1. The molecule has 0 unspecified atom stereocenters. The van der Waals surface area contributed by atoms with Crippen LogP contribution in [-0.2, 0) is 23.9 Å². The number of nitrogens with one attached hydrogen (secondary N) is 1. The molecule has 1 N–H and O–H groups in total.